The number of carbonyl (C=O) groups excluding carboxylic acids is 3. The number of aliphatic hydroxyl groups is 3. The standard InChI is InChI=1S/C31H51NO11/c1-8-24(35)42-23-17-25(36)40-19(3)12-10-9-11-13-22(34)18(2)16-21(14-15-33)29(30(23)39-7)43-31-28(38)26(32(5)6)27(37)20(4)41-31/h9-11,13,15,18-23,26-31,34,37-38H,8,12,14,16-17H2,1-7H3/b10-9+,13-11+/t18-,19-,20-,21+,22+,23+,26-,27-,28-,29-,30-,31+/m1/s1. The third kappa shape index (κ3) is 10.7. The molecule has 0 unspecified atom stereocenters. The van der Waals surface area contributed by atoms with Gasteiger partial charge < -0.3 is 48.7 Å². The summed E-state index contributed by atoms with van der Waals surface area (Å²) in [6.45, 7) is 6.84. The maximum Gasteiger partial charge on any atom is 0.309 e. The summed E-state index contributed by atoms with van der Waals surface area (Å²) < 4.78 is 29.5. The SMILES string of the molecule is CCC(=O)O[C@H]1CC(=O)O[C@H](C)C/C=C/C=C/[C@H](O)[C@H](C)C[C@H](CC=O)[C@@H](O[C@@H]2O[C@H](C)[C@@H](O)[C@@H](N(C)C)[C@H]2O)[C@@H]1OC. The second kappa shape index (κ2) is 17.9. The van der Waals surface area contributed by atoms with Crippen molar-refractivity contribution in [1.29, 1.82) is 0 Å². The zero-order valence-corrected chi connectivity index (χ0v) is 26.4. The van der Waals surface area contributed by atoms with Gasteiger partial charge in [-0.25, -0.2) is 0 Å². The van der Waals surface area contributed by atoms with Crippen LogP contribution in [-0.2, 0) is 38.1 Å². The molecule has 0 aromatic heterocycles. The molecule has 12 heteroatoms. The molecule has 246 valence electrons. The number of esters is 2. The second-order valence-corrected chi connectivity index (χ2v) is 11.7. The molecule has 0 saturated carbocycles. The van der Waals surface area contributed by atoms with Crippen molar-refractivity contribution < 1.29 is 53.4 Å². The van der Waals surface area contributed by atoms with Crippen LogP contribution in [0, 0.1) is 11.8 Å². The van der Waals surface area contributed by atoms with Crippen molar-refractivity contribution in [2.24, 2.45) is 11.8 Å². The maximum absolute atomic E-state index is 13.0. The Labute approximate surface area is 254 Å². The summed E-state index contributed by atoms with van der Waals surface area (Å²) in [6.07, 6.45) is -1.00. The Bertz CT molecular complexity index is 941. The molecule has 0 aliphatic carbocycles. The van der Waals surface area contributed by atoms with Gasteiger partial charge in [-0.3, -0.25) is 9.59 Å². The highest BCUT2D eigenvalue weighted by Gasteiger charge is 2.48. The molecule has 3 N–H and O–H groups in total. The lowest BCUT2D eigenvalue weighted by molar-refractivity contribution is -0.310. The van der Waals surface area contributed by atoms with Crippen molar-refractivity contribution >= 4 is 18.2 Å². The van der Waals surface area contributed by atoms with Crippen LogP contribution in [0.5, 0.6) is 0 Å². The largest absolute Gasteiger partial charge is 0.462 e. The highest BCUT2D eigenvalue weighted by molar-refractivity contribution is 5.72. The van der Waals surface area contributed by atoms with Gasteiger partial charge in [0, 0.05) is 26.4 Å². The predicted octanol–water partition coefficient (Wildman–Crippen LogP) is 1.54. The van der Waals surface area contributed by atoms with Crippen molar-refractivity contribution in [3.63, 3.8) is 0 Å². The first kappa shape index (κ1) is 37.0. The minimum atomic E-state index is -1.31. The molecule has 2 aliphatic rings. The summed E-state index contributed by atoms with van der Waals surface area (Å²) in [4.78, 5) is 39.2. The number of aldehydes is 1. The molecule has 0 aromatic carbocycles. The monoisotopic (exact) mass is 613 g/mol. The Balaban J connectivity index is 2.63. The molecule has 12 atom stereocenters. The van der Waals surface area contributed by atoms with Crippen LogP contribution in [0.3, 0.4) is 0 Å². The van der Waals surface area contributed by atoms with E-state index in [9.17, 15) is 29.7 Å². The molecular weight excluding hydrogens is 562 g/mol. The molecule has 1 fully saturated rings. The first-order chi connectivity index (χ1) is 20.3. The predicted molar refractivity (Wildman–Crippen MR) is 157 cm³/mol. The summed E-state index contributed by atoms with van der Waals surface area (Å²) in [5, 5.41) is 32.9. The third-order valence-corrected chi connectivity index (χ3v) is 8.07. The van der Waals surface area contributed by atoms with Crippen molar-refractivity contribution in [2.75, 3.05) is 21.2 Å². The average molecular weight is 614 g/mol. The van der Waals surface area contributed by atoms with Gasteiger partial charge in [0.05, 0.1) is 36.9 Å². The first-order valence-corrected chi connectivity index (χ1v) is 15.0. The van der Waals surface area contributed by atoms with E-state index in [1.165, 1.54) is 7.11 Å². The van der Waals surface area contributed by atoms with Gasteiger partial charge in [-0.2, -0.15) is 0 Å². The van der Waals surface area contributed by atoms with E-state index in [1.807, 2.05) is 13.0 Å². The van der Waals surface area contributed by atoms with Gasteiger partial charge in [0.2, 0.25) is 0 Å². The Morgan fingerprint density at radius 2 is 1.81 bits per heavy atom. The van der Waals surface area contributed by atoms with Crippen LogP contribution in [0.15, 0.2) is 24.3 Å². The van der Waals surface area contributed by atoms with E-state index in [-0.39, 0.29) is 31.6 Å². The second-order valence-electron chi connectivity index (χ2n) is 11.7. The van der Waals surface area contributed by atoms with Crippen LogP contribution >= 0.6 is 0 Å². The number of cyclic esters (lactones) is 1. The van der Waals surface area contributed by atoms with E-state index in [2.05, 4.69) is 0 Å². The quantitative estimate of drug-likeness (QED) is 0.268. The highest BCUT2D eigenvalue weighted by atomic mass is 16.7. The minimum absolute atomic E-state index is 0.0285. The van der Waals surface area contributed by atoms with Gasteiger partial charge in [-0.05, 0) is 46.2 Å². The van der Waals surface area contributed by atoms with Crippen molar-refractivity contribution in [3.05, 3.63) is 24.3 Å². The number of hydrogen-bond donors (Lipinski definition) is 3. The molecule has 0 aromatic rings. The number of carbonyl (C=O) groups is 3. The zero-order chi connectivity index (χ0) is 32.3. The fraction of sp³-hybridized carbons (Fsp3) is 0.774. The van der Waals surface area contributed by atoms with Gasteiger partial charge >= 0.3 is 11.9 Å². The van der Waals surface area contributed by atoms with E-state index in [1.54, 1.807) is 58.0 Å². The lowest BCUT2D eigenvalue weighted by Crippen LogP contribution is -2.63. The lowest BCUT2D eigenvalue weighted by Gasteiger charge is -2.47. The molecule has 2 rings (SSSR count). The average Bonchev–Trinajstić information content (AvgIpc) is 2.94. The van der Waals surface area contributed by atoms with Crippen molar-refractivity contribution in [2.45, 2.75) is 121 Å². The molecule has 0 spiro atoms. The number of allylic oxidation sites excluding steroid dienone is 2. The number of hydrogen-bond acceptors (Lipinski definition) is 12. The number of ether oxygens (including phenoxy) is 5. The van der Waals surface area contributed by atoms with E-state index in [0.717, 1.165) is 6.29 Å². The molecule has 0 radical (unpaired) electrons. The van der Waals surface area contributed by atoms with Gasteiger partial charge in [-0.15, -0.1) is 0 Å². The summed E-state index contributed by atoms with van der Waals surface area (Å²) in [6, 6.07) is -0.741. The summed E-state index contributed by atoms with van der Waals surface area (Å²) in [5.41, 5.74) is 0. The summed E-state index contributed by atoms with van der Waals surface area (Å²) >= 11 is 0. The van der Waals surface area contributed by atoms with Crippen LogP contribution in [0.25, 0.3) is 0 Å². The zero-order valence-electron chi connectivity index (χ0n) is 26.4. The third-order valence-electron chi connectivity index (χ3n) is 8.07. The maximum atomic E-state index is 13.0. The first-order valence-electron chi connectivity index (χ1n) is 15.0. The number of likely N-dealkylation sites (N-methyl/N-ethyl adjacent to an activating group) is 1. The molecule has 0 bridgehead atoms. The molecule has 0 amide bonds. The number of methoxy groups -OCH3 is 1. The number of nitrogens with zero attached hydrogens (tertiary/aromatic N) is 1. The fourth-order valence-corrected chi connectivity index (χ4v) is 5.63. The van der Waals surface area contributed by atoms with Crippen LogP contribution in [0.2, 0.25) is 0 Å². The molecule has 43 heavy (non-hydrogen) atoms. The van der Waals surface area contributed by atoms with E-state index in [0.29, 0.717) is 6.42 Å². The summed E-state index contributed by atoms with van der Waals surface area (Å²) in [5.74, 6) is -2.17. The molecule has 2 heterocycles. The van der Waals surface area contributed by atoms with E-state index >= 15 is 0 Å². The van der Waals surface area contributed by atoms with Crippen molar-refractivity contribution in [1.82, 2.24) is 4.90 Å². The Kier molecular flexibility index (Phi) is 15.4. The normalized spacial score (nSPS) is 39.9. The molecule has 12 nitrogen and oxygen atoms in total. The highest BCUT2D eigenvalue weighted by Crippen LogP contribution is 2.34. The van der Waals surface area contributed by atoms with Crippen molar-refractivity contribution in [3.8, 4) is 0 Å². The molecular formula is C31H51NO11. The van der Waals surface area contributed by atoms with Crippen LogP contribution in [0.1, 0.15) is 59.8 Å². The van der Waals surface area contributed by atoms with Gasteiger partial charge in [0.1, 0.15) is 30.7 Å². The van der Waals surface area contributed by atoms with Crippen LogP contribution in [-0.4, -0.2) is 121 Å². The fourth-order valence-electron chi connectivity index (χ4n) is 5.63. The molecule has 2 aliphatic heterocycles. The van der Waals surface area contributed by atoms with E-state index < -0.39 is 79.0 Å². The number of rotatable bonds is 8. The smallest absolute Gasteiger partial charge is 0.309 e. The Morgan fingerprint density at radius 3 is 2.42 bits per heavy atom. The lowest BCUT2D eigenvalue weighted by atomic mass is 9.82. The topological polar surface area (TPSA) is 161 Å². The number of aliphatic hydroxyl groups excluding tert-OH is 3. The Hall–Kier alpha value is -2.19. The summed E-state index contributed by atoms with van der Waals surface area (Å²) in [7, 11) is 4.80. The van der Waals surface area contributed by atoms with E-state index in [4.69, 9.17) is 23.7 Å². The van der Waals surface area contributed by atoms with Crippen LogP contribution in [0.4, 0.5) is 0 Å². The minimum Gasteiger partial charge on any atom is -0.462 e. The molecule has 1 saturated heterocycles. The van der Waals surface area contributed by atoms with Gasteiger partial charge in [-0.1, -0.05) is 38.2 Å². The van der Waals surface area contributed by atoms with Gasteiger partial charge in [0.15, 0.2) is 6.29 Å². The van der Waals surface area contributed by atoms with Crippen LogP contribution < -0.4 is 0 Å². The van der Waals surface area contributed by atoms with Gasteiger partial charge in [0.25, 0.3) is 0 Å². The Morgan fingerprint density at radius 1 is 1.12 bits per heavy atom.